The van der Waals surface area contributed by atoms with Crippen molar-refractivity contribution in [3.8, 4) is 5.75 Å². The maximum atomic E-state index is 13.5. The molecule has 2 aromatic rings. The summed E-state index contributed by atoms with van der Waals surface area (Å²) in [7, 11) is -2.65. The molecule has 0 atom stereocenters. The summed E-state index contributed by atoms with van der Waals surface area (Å²) in [6, 6.07) is 10.4. The third-order valence-electron chi connectivity index (χ3n) is 4.22. The zero-order valence-electron chi connectivity index (χ0n) is 14.3. The maximum Gasteiger partial charge on any atom is 0.265 e. The third-order valence-corrected chi connectivity index (χ3v) is 6.52. The normalized spacial score (nSPS) is 16.0. The van der Waals surface area contributed by atoms with Crippen LogP contribution >= 0.6 is 11.8 Å². The smallest absolute Gasteiger partial charge is 0.265 e. The minimum Gasteiger partial charge on any atom is -0.495 e. The zero-order valence-corrected chi connectivity index (χ0v) is 16.0. The highest BCUT2D eigenvalue weighted by atomic mass is 32.2. The Bertz CT molecular complexity index is 1050. The molecule has 0 saturated carbocycles. The van der Waals surface area contributed by atoms with Crippen molar-refractivity contribution in [1.29, 1.82) is 0 Å². The number of sulfonamides is 1. The maximum absolute atomic E-state index is 13.5. The Morgan fingerprint density at radius 2 is 2.00 bits per heavy atom. The lowest BCUT2D eigenvalue weighted by Crippen LogP contribution is -2.19. The summed E-state index contributed by atoms with van der Waals surface area (Å²) in [5.41, 5.74) is 2.41. The summed E-state index contributed by atoms with van der Waals surface area (Å²) in [6.45, 7) is 1.63. The highest BCUT2D eigenvalue weighted by Crippen LogP contribution is 2.35. The SMILES string of the molecule is COc1ccc(F)cc1S(=O)(=O)Nc1ccc(C2=CSC3=NCCN23)cc1. The molecule has 0 spiro atoms. The van der Waals surface area contributed by atoms with E-state index in [0.29, 0.717) is 5.69 Å². The summed E-state index contributed by atoms with van der Waals surface area (Å²) in [6.07, 6.45) is 0. The fourth-order valence-electron chi connectivity index (χ4n) is 2.93. The average Bonchev–Trinajstić information content (AvgIpc) is 3.26. The Morgan fingerprint density at radius 1 is 1.22 bits per heavy atom. The minimum absolute atomic E-state index is 0.0782. The van der Waals surface area contributed by atoms with Gasteiger partial charge in [-0.3, -0.25) is 9.71 Å². The monoisotopic (exact) mass is 405 g/mol. The number of nitrogens with zero attached hydrogens (tertiary/aromatic N) is 2. The molecule has 0 saturated heterocycles. The summed E-state index contributed by atoms with van der Waals surface area (Å²) in [5.74, 6) is -0.574. The van der Waals surface area contributed by atoms with Gasteiger partial charge in [0.25, 0.3) is 10.0 Å². The number of rotatable bonds is 5. The summed E-state index contributed by atoms with van der Waals surface area (Å²) in [5, 5.41) is 3.03. The number of fused-ring (bicyclic) bond motifs is 1. The first kappa shape index (κ1) is 17.9. The van der Waals surface area contributed by atoms with E-state index < -0.39 is 15.8 Å². The van der Waals surface area contributed by atoms with Gasteiger partial charge >= 0.3 is 0 Å². The highest BCUT2D eigenvalue weighted by molar-refractivity contribution is 8.16. The first-order valence-electron chi connectivity index (χ1n) is 8.13. The van der Waals surface area contributed by atoms with Gasteiger partial charge in [0.05, 0.1) is 19.4 Å². The van der Waals surface area contributed by atoms with Crippen LogP contribution in [0, 0.1) is 5.82 Å². The van der Waals surface area contributed by atoms with E-state index in [4.69, 9.17) is 4.74 Å². The molecule has 0 amide bonds. The van der Waals surface area contributed by atoms with Crippen molar-refractivity contribution in [2.45, 2.75) is 4.90 Å². The van der Waals surface area contributed by atoms with Gasteiger partial charge in [0.1, 0.15) is 16.5 Å². The number of methoxy groups -OCH3 is 1. The van der Waals surface area contributed by atoms with Gasteiger partial charge in [-0.25, -0.2) is 12.8 Å². The molecule has 9 heteroatoms. The van der Waals surface area contributed by atoms with Crippen molar-refractivity contribution in [2.24, 2.45) is 4.99 Å². The van der Waals surface area contributed by atoms with Crippen LogP contribution in [-0.2, 0) is 10.0 Å². The van der Waals surface area contributed by atoms with Crippen molar-refractivity contribution >= 4 is 38.3 Å². The van der Waals surface area contributed by atoms with Crippen LogP contribution in [0.5, 0.6) is 5.75 Å². The van der Waals surface area contributed by atoms with Gasteiger partial charge in [0.2, 0.25) is 0 Å². The van der Waals surface area contributed by atoms with Crippen molar-refractivity contribution in [3.05, 3.63) is 59.3 Å². The van der Waals surface area contributed by atoms with Gasteiger partial charge in [-0.2, -0.15) is 0 Å². The number of benzene rings is 2. The number of aliphatic imine (C=N–C) groups is 1. The third kappa shape index (κ3) is 3.40. The van der Waals surface area contributed by atoms with Crippen LogP contribution in [0.15, 0.2) is 57.8 Å². The fraction of sp³-hybridized carbons (Fsp3) is 0.167. The lowest BCUT2D eigenvalue weighted by Gasteiger charge is -2.17. The first-order chi connectivity index (χ1) is 13.0. The van der Waals surface area contributed by atoms with E-state index in [1.807, 2.05) is 17.5 Å². The Balaban J connectivity index is 1.57. The molecule has 2 aromatic carbocycles. The highest BCUT2D eigenvalue weighted by Gasteiger charge is 2.27. The van der Waals surface area contributed by atoms with E-state index in [1.165, 1.54) is 13.2 Å². The largest absolute Gasteiger partial charge is 0.495 e. The molecule has 1 N–H and O–H groups in total. The molecule has 0 bridgehead atoms. The van der Waals surface area contributed by atoms with E-state index in [-0.39, 0.29) is 10.6 Å². The van der Waals surface area contributed by atoms with Crippen molar-refractivity contribution in [1.82, 2.24) is 4.90 Å². The molecule has 0 aromatic heterocycles. The Morgan fingerprint density at radius 3 is 2.74 bits per heavy atom. The Labute approximate surface area is 160 Å². The van der Waals surface area contributed by atoms with Gasteiger partial charge in [0.15, 0.2) is 5.17 Å². The number of ether oxygens (including phenoxy) is 1. The number of nitrogens with one attached hydrogen (secondary N) is 1. The molecular formula is C18H16FN3O3S2. The lowest BCUT2D eigenvalue weighted by atomic mass is 10.1. The zero-order chi connectivity index (χ0) is 19.0. The van der Waals surface area contributed by atoms with E-state index in [1.54, 1.807) is 23.9 Å². The summed E-state index contributed by atoms with van der Waals surface area (Å²) in [4.78, 5) is 6.31. The molecule has 4 rings (SSSR count). The van der Waals surface area contributed by atoms with Gasteiger partial charge < -0.3 is 9.64 Å². The first-order valence-corrected chi connectivity index (χ1v) is 10.5. The lowest BCUT2D eigenvalue weighted by molar-refractivity contribution is 0.401. The minimum atomic E-state index is -3.99. The molecule has 2 aliphatic rings. The molecular weight excluding hydrogens is 389 g/mol. The average molecular weight is 405 g/mol. The van der Waals surface area contributed by atoms with Crippen molar-refractivity contribution in [2.75, 3.05) is 24.9 Å². The van der Waals surface area contributed by atoms with Crippen molar-refractivity contribution < 1.29 is 17.5 Å². The number of amidine groups is 1. The van der Waals surface area contributed by atoms with Crippen LogP contribution in [0.1, 0.15) is 5.56 Å². The van der Waals surface area contributed by atoms with Gasteiger partial charge in [-0.05, 0) is 35.9 Å². The molecule has 0 radical (unpaired) electrons. The number of halogens is 1. The van der Waals surface area contributed by atoms with Gasteiger partial charge in [-0.1, -0.05) is 23.9 Å². The van der Waals surface area contributed by atoms with E-state index >= 15 is 0 Å². The number of thioether (sulfide) groups is 1. The fourth-order valence-corrected chi connectivity index (χ4v) is 5.13. The predicted molar refractivity (Wildman–Crippen MR) is 105 cm³/mol. The van der Waals surface area contributed by atoms with E-state index in [0.717, 1.165) is 41.7 Å². The number of hydrogen-bond acceptors (Lipinski definition) is 6. The Kier molecular flexibility index (Phi) is 4.56. The standard InChI is InChI=1S/C18H16FN3O3S2/c1-25-16-7-4-13(19)10-17(16)27(23,24)21-14-5-2-12(3-6-14)15-11-26-18-20-8-9-22(15)18/h2-7,10-11,21H,8-9H2,1H3. The van der Waals surface area contributed by atoms with Crippen LogP contribution in [0.25, 0.3) is 5.70 Å². The number of anilines is 1. The molecule has 6 nitrogen and oxygen atoms in total. The van der Waals surface area contributed by atoms with Crippen molar-refractivity contribution in [3.63, 3.8) is 0 Å². The molecule has 0 fully saturated rings. The van der Waals surface area contributed by atoms with E-state index in [2.05, 4.69) is 14.6 Å². The van der Waals surface area contributed by atoms with Gasteiger partial charge in [-0.15, -0.1) is 0 Å². The molecule has 140 valence electrons. The second-order valence-electron chi connectivity index (χ2n) is 5.91. The second-order valence-corrected chi connectivity index (χ2v) is 8.40. The van der Waals surface area contributed by atoms with Crippen LogP contribution in [-0.4, -0.2) is 38.7 Å². The molecule has 2 heterocycles. The topological polar surface area (TPSA) is 71.0 Å². The molecule has 2 aliphatic heterocycles. The quantitative estimate of drug-likeness (QED) is 0.826. The summed E-state index contributed by atoms with van der Waals surface area (Å²) >= 11 is 1.59. The molecule has 0 aliphatic carbocycles. The second kappa shape index (κ2) is 6.90. The molecule has 0 unspecified atom stereocenters. The van der Waals surface area contributed by atoms with Crippen LogP contribution < -0.4 is 9.46 Å². The van der Waals surface area contributed by atoms with Crippen LogP contribution in [0.2, 0.25) is 0 Å². The van der Waals surface area contributed by atoms with Gasteiger partial charge in [0, 0.05) is 17.6 Å². The number of hydrogen-bond donors (Lipinski definition) is 1. The Hall–Kier alpha value is -2.52. The van der Waals surface area contributed by atoms with Crippen LogP contribution in [0.3, 0.4) is 0 Å². The molecule has 27 heavy (non-hydrogen) atoms. The predicted octanol–water partition coefficient (Wildman–Crippen LogP) is 3.35. The summed E-state index contributed by atoms with van der Waals surface area (Å²) < 4.78 is 46.3. The van der Waals surface area contributed by atoms with E-state index in [9.17, 15) is 12.8 Å². The van der Waals surface area contributed by atoms with Crippen LogP contribution in [0.4, 0.5) is 10.1 Å².